The predicted molar refractivity (Wildman–Crippen MR) is 126 cm³/mol. The van der Waals surface area contributed by atoms with E-state index < -0.39 is 17.7 Å². The summed E-state index contributed by atoms with van der Waals surface area (Å²) in [4.78, 5) is 29.5. The van der Waals surface area contributed by atoms with Gasteiger partial charge in [0.15, 0.2) is 5.65 Å². The second-order valence-corrected chi connectivity index (χ2v) is 8.83. The minimum absolute atomic E-state index is 0.0109. The number of hydrogen-bond acceptors (Lipinski definition) is 4. The van der Waals surface area contributed by atoms with Crippen molar-refractivity contribution in [1.82, 2.24) is 14.6 Å². The summed E-state index contributed by atoms with van der Waals surface area (Å²) in [5, 5.41) is 12.0. The third-order valence-electron chi connectivity index (χ3n) is 6.42. The van der Waals surface area contributed by atoms with Crippen molar-refractivity contribution in [3.8, 4) is 22.8 Å². The van der Waals surface area contributed by atoms with Crippen molar-refractivity contribution in [3.05, 3.63) is 81.8 Å². The number of rotatable bonds is 5. The van der Waals surface area contributed by atoms with Crippen LogP contribution in [0.4, 0.5) is 13.2 Å². The van der Waals surface area contributed by atoms with Crippen LogP contribution in [0.3, 0.4) is 0 Å². The molecule has 0 unspecified atom stereocenters. The Morgan fingerprint density at radius 3 is 2.42 bits per heavy atom. The van der Waals surface area contributed by atoms with Crippen LogP contribution in [0, 0.1) is 0 Å². The smallest absolute Gasteiger partial charge is 0.416 e. The lowest BCUT2D eigenvalue weighted by Gasteiger charge is -2.23. The first kappa shape index (κ1) is 23.7. The maximum Gasteiger partial charge on any atom is 0.416 e. The Bertz CT molecular complexity index is 1480. The van der Waals surface area contributed by atoms with E-state index >= 15 is 0 Å². The maximum atomic E-state index is 13.5. The first-order valence-corrected chi connectivity index (χ1v) is 11.6. The van der Waals surface area contributed by atoms with Crippen LogP contribution in [0.2, 0.25) is 0 Å². The summed E-state index contributed by atoms with van der Waals surface area (Å²) in [6.07, 6.45) is 0.257. The lowest BCUT2D eigenvalue weighted by molar-refractivity contribution is -0.137. The number of aromatic amines is 1. The van der Waals surface area contributed by atoms with E-state index in [9.17, 15) is 27.9 Å². The SMILES string of the molecule is O=C(O)c1cc2nc(-c3ccc(Oc4cccc(C(F)(F)F)c4)cc3)c(C3CCCCC3)c(=O)n2[nH]1. The second-order valence-electron chi connectivity index (χ2n) is 8.83. The van der Waals surface area contributed by atoms with Gasteiger partial charge in [0, 0.05) is 17.2 Å². The molecule has 5 rings (SSSR count). The number of nitrogens with one attached hydrogen (secondary N) is 1. The number of carboxylic acids is 1. The van der Waals surface area contributed by atoms with E-state index in [1.165, 1.54) is 22.7 Å². The molecule has 36 heavy (non-hydrogen) atoms. The van der Waals surface area contributed by atoms with E-state index in [-0.39, 0.29) is 28.6 Å². The van der Waals surface area contributed by atoms with Crippen LogP contribution in [0.25, 0.3) is 16.9 Å². The number of carbonyl (C=O) groups is 1. The van der Waals surface area contributed by atoms with Crippen molar-refractivity contribution in [3.63, 3.8) is 0 Å². The maximum absolute atomic E-state index is 13.5. The topological polar surface area (TPSA) is 96.7 Å². The van der Waals surface area contributed by atoms with E-state index in [4.69, 9.17) is 4.74 Å². The average Bonchev–Trinajstić information content (AvgIpc) is 3.30. The Morgan fingerprint density at radius 2 is 1.75 bits per heavy atom. The second kappa shape index (κ2) is 9.18. The number of ether oxygens (including phenoxy) is 1. The average molecular weight is 497 g/mol. The molecule has 2 heterocycles. The molecule has 1 aliphatic rings. The van der Waals surface area contributed by atoms with E-state index in [0.29, 0.717) is 22.6 Å². The monoisotopic (exact) mass is 497 g/mol. The van der Waals surface area contributed by atoms with Gasteiger partial charge in [0.25, 0.3) is 5.56 Å². The Morgan fingerprint density at radius 1 is 1.03 bits per heavy atom. The minimum atomic E-state index is -4.48. The zero-order chi connectivity index (χ0) is 25.4. The standard InChI is InChI=1S/C26H22F3N3O4/c27-26(28,29)17-7-4-8-19(13-17)36-18-11-9-16(10-12-18)23-22(15-5-2-1-3-6-15)24(33)32-21(30-23)14-20(31-32)25(34)35/h4,7-15,31H,1-3,5-6H2,(H,34,35). The van der Waals surface area contributed by atoms with Crippen molar-refractivity contribution < 1.29 is 27.8 Å². The molecule has 0 saturated heterocycles. The predicted octanol–water partition coefficient (Wildman–Crippen LogP) is 6.25. The number of nitrogens with zero attached hydrogens (tertiary/aromatic N) is 2. The van der Waals surface area contributed by atoms with Gasteiger partial charge in [-0.2, -0.15) is 13.2 Å². The number of alkyl halides is 3. The van der Waals surface area contributed by atoms with Crippen molar-refractivity contribution >= 4 is 11.6 Å². The molecular formula is C26H22F3N3O4. The molecule has 0 atom stereocenters. The summed E-state index contributed by atoms with van der Waals surface area (Å²) >= 11 is 0. The van der Waals surface area contributed by atoms with Crippen molar-refractivity contribution in [2.75, 3.05) is 0 Å². The molecule has 0 amide bonds. The van der Waals surface area contributed by atoms with Crippen LogP contribution in [0.1, 0.15) is 59.6 Å². The fourth-order valence-corrected chi connectivity index (χ4v) is 4.68. The summed E-state index contributed by atoms with van der Waals surface area (Å²) < 4.78 is 45.8. The molecule has 4 aromatic rings. The first-order chi connectivity index (χ1) is 17.2. The summed E-state index contributed by atoms with van der Waals surface area (Å²) in [5.41, 5.74) is 0.528. The van der Waals surface area contributed by atoms with E-state index in [1.807, 2.05) is 0 Å². The molecule has 186 valence electrons. The summed E-state index contributed by atoms with van der Waals surface area (Å²) in [5.74, 6) is -0.836. The number of halogens is 3. The number of fused-ring (bicyclic) bond motifs is 1. The minimum Gasteiger partial charge on any atom is -0.477 e. The van der Waals surface area contributed by atoms with Crippen molar-refractivity contribution in [2.45, 2.75) is 44.2 Å². The molecule has 0 spiro atoms. The largest absolute Gasteiger partial charge is 0.477 e. The lowest BCUT2D eigenvalue weighted by Crippen LogP contribution is -2.25. The zero-order valence-electron chi connectivity index (χ0n) is 19.0. The Hall–Kier alpha value is -4.08. The fraction of sp³-hybridized carbons (Fsp3) is 0.269. The molecule has 0 aliphatic heterocycles. The van der Waals surface area contributed by atoms with Crippen molar-refractivity contribution in [2.24, 2.45) is 0 Å². The molecule has 1 aliphatic carbocycles. The highest BCUT2D eigenvalue weighted by molar-refractivity contribution is 5.86. The van der Waals surface area contributed by atoms with Crippen LogP contribution in [0.15, 0.2) is 59.4 Å². The summed E-state index contributed by atoms with van der Waals surface area (Å²) in [6.45, 7) is 0. The highest BCUT2D eigenvalue weighted by Gasteiger charge is 2.30. The molecule has 1 saturated carbocycles. The molecule has 2 aromatic heterocycles. The third-order valence-corrected chi connectivity index (χ3v) is 6.42. The van der Waals surface area contributed by atoms with Gasteiger partial charge in [-0.15, -0.1) is 0 Å². The van der Waals surface area contributed by atoms with Gasteiger partial charge in [-0.25, -0.2) is 14.3 Å². The molecule has 0 radical (unpaired) electrons. The van der Waals surface area contributed by atoms with Crippen LogP contribution in [0.5, 0.6) is 11.5 Å². The molecule has 1 fully saturated rings. The van der Waals surface area contributed by atoms with Crippen LogP contribution in [-0.2, 0) is 6.18 Å². The highest BCUT2D eigenvalue weighted by Crippen LogP contribution is 2.37. The van der Waals surface area contributed by atoms with E-state index in [2.05, 4.69) is 10.1 Å². The zero-order valence-corrected chi connectivity index (χ0v) is 19.0. The Balaban J connectivity index is 1.53. The van der Waals surface area contributed by atoms with Crippen LogP contribution < -0.4 is 10.3 Å². The van der Waals surface area contributed by atoms with Crippen molar-refractivity contribution in [1.29, 1.82) is 0 Å². The lowest BCUT2D eigenvalue weighted by atomic mass is 9.83. The number of carboxylic acid groups (broad SMARTS) is 1. The quantitative estimate of drug-likeness (QED) is 0.340. The fourth-order valence-electron chi connectivity index (χ4n) is 4.68. The van der Waals surface area contributed by atoms with Gasteiger partial charge in [0.1, 0.15) is 17.2 Å². The molecule has 7 nitrogen and oxygen atoms in total. The first-order valence-electron chi connectivity index (χ1n) is 11.6. The van der Waals surface area contributed by atoms with Gasteiger partial charge in [0.2, 0.25) is 0 Å². The van der Waals surface area contributed by atoms with Gasteiger partial charge >= 0.3 is 12.1 Å². The highest BCUT2D eigenvalue weighted by atomic mass is 19.4. The molecular weight excluding hydrogens is 475 g/mol. The van der Waals surface area contributed by atoms with Gasteiger partial charge < -0.3 is 9.84 Å². The number of aromatic nitrogens is 3. The number of hydrogen-bond donors (Lipinski definition) is 2. The Kier molecular flexibility index (Phi) is 6.03. The Labute approximate surface area is 203 Å². The molecule has 2 N–H and O–H groups in total. The van der Waals surface area contributed by atoms with E-state index in [1.54, 1.807) is 24.3 Å². The van der Waals surface area contributed by atoms with E-state index in [0.717, 1.165) is 44.2 Å². The molecule has 0 bridgehead atoms. The third kappa shape index (κ3) is 4.58. The normalized spacial score (nSPS) is 14.8. The summed E-state index contributed by atoms with van der Waals surface area (Å²) in [6, 6.07) is 12.5. The van der Waals surface area contributed by atoms with Gasteiger partial charge in [-0.3, -0.25) is 9.89 Å². The van der Waals surface area contributed by atoms with Gasteiger partial charge in [0.05, 0.1) is 11.3 Å². The summed E-state index contributed by atoms with van der Waals surface area (Å²) in [7, 11) is 0. The van der Waals surface area contributed by atoms with Gasteiger partial charge in [-0.1, -0.05) is 25.3 Å². The number of benzene rings is 2. The van der Waals surface area contributed by atoms with Gasteiger partial charge in [-0.05, 0) is 61.2 Å². The molecule has 10 heteroatoms. The van der Waals surface area contributed by atoms with Crippen LogP contribution >= 0.6 is 0 Å². The van der Waals surface area contributed by atoms with Crippen LogP contribution in [-0.4, -0.2) is 25.7 Å². The molecule has 2 aromatic carbocycles. The number of aromatic carboxylic acids is 1. The number of H-pyrrole nitrogens is 1.